The minimum Gasteiger partial charge on any atom is -0.370 e. The molecule has 0 heterocycles. The molecule has 1 aromatic carbocycles. The highest BCUT2D eigenvalue weighted by Gasteiger charge is 2.28. The molecular weight excluding hydrogens is 354 g/mol. The fourth-order valence-electron chi connectivity index (χ4n) is 1.81. The predicted octanol–water partition coefficient (Wildman–Crippen LogP) is 4.08. The van der Waals surface area contributed by atoms with Gasteiger partial charge in [0.2, 0.25) is 0 Å². The first-order chi connectivity index (χ1) is 9.81. The van der Waals surface area contributed by atoms with Gasteiger partial charge in [0.15, 0.2) is 0 Å². The van der Waals surface area contributed by atoms with E-state index in [1.807, 2.05) is 6.92 Å². The van der Waals surface area contributed by atoms with Crippen molar-refractivity contribution in [3.63, 3.8) is 0 Å². The third-order valence-corrected chi connectivity index (χ3v) is 3.24. The first-order valence-electron chi connectivity index (χ1n) is 6.63. The van der Waals surface area contributed by atoms with Crippen molar-refractivity contribution in [2.75, 3.05) is 19.8 Å². The van der Waals surface area contributed by atoms with Gasteiger partial charge in [0.05, 0.1) is 6.61 Å². The Bertz CT molecular complexity index is 439. The smallest absolute Gasteiger partial charge is 0.370 e. The normalized spacial score (nSPS) is 13.4. The zero-order chi connectivity index (χ0) is 15.9. The van der Waals surface area contributed by atoms with Gasteiger partial charge in [-0.25, -0.2) is 4.39 Å². The summed E-state index contributed by atoms with van der Waals surface area (Å²) in [6.45, 7) is 1.17. The number of benzene rings is 1. The second-order valence-corrected chi connectivity index (χ2v) is 5.64. The molecule has 0 saturated carbocycles. The van der Waals surface area contributed by atoms with Crippen LogP contribution in [0, 0.1) is 5.82 Å². The van der Waals surface area contributed by atoms with Crippen LogP contribution in [0.25, 0.3) is 0 Å². The van der Waals surface area contributed by atoms with E-state index in [1.165, 1.54) is 6.07 Å². The van der Waals surface area contributed by atoms with E-state index in [0.717, 1.165) is 6.42 Å². The molecule has 0 bridgehead atoms. The van der Waals surface area contributed by atoms with Crippen LogP contribution in [0.15, 0.2) is 22.7 Å². The van der Waals surface area contributed by atoms with Crippen LogP contribution in [0.1, 0.15) is 18.9 Å². The minimum atomic E-state index is -4.35. The molecule has 0 saturated heterocycles. The van der Waals surface area contributed by atoms with E-state index in [0.29, 0.717) is 16.6 Å². The molecule has 1 rings (SSSR count). The van der Waals surface area contributed by atoms with Gasteiger partial charge < -0.3 is 10.1 Å². The van der Waals surface area contributed by atoms with Gasteiger partial charge in [0.1, 0.15) is 12.4 Å². The molecule has 1 atom stereocenters. The summed E-state index contributed by atoms with van der Waals surface area (Å²) in [5, 5.41) is 3.08. The molecule has 120 valence electrons. The molecule has 1 N–H and O–H groups in total. The Kier molecular flexibility index (Phi) is 7.62. The van der Waals surface area contributed by atoms with Crippen molar-refractivity contribution in [1.29, 1.82) is 0 Å². The number of halogens is 5. The first kappa shape index (κ1) is 18.4. The van der Waals surface area contributed by atoms with Crippen molar-refractivity contribution in [3.05, 3.63) is 34.1 Å². The van der Waals surface area contributed by atoms with Crippen LogP contribution in [0.5, 0.6) is 0 Å². The Morgan fingerprint density at radius 2 is 2.05 bits per heavy atom. The average molecular weight is 372 g/mol. The Labute approximate surface area is 130 Å². The maximum absolute atomic E-state index is 13.8. The monoisotopic (exact) mass is 371 g/mol. The van der Waals surface area contributed by atoms with E-state index in [9.17, 15) is 17.6 Å². The Morgan fingerprint density at radius 1 is 1.33 bits per heavy atom. The van der Waals surface area contributed by atoms with Crippen LogP contribution < -0.4 is 5.32 Å². The third-order valence-electron chi connectivity index (χ3n) is 2.75. The summed E-state index contributed by atoms with van der Waals surface area (Å²) in [6, 6.07) is 4.29. The lowest BCUT2D eigenvalue weighted by Gasteiger charge is -2.19. The zero-order valence-corrected chi connectivity index (χ0v) is 13.2. The molecule has 0 aliphatic rings. The van der Waals surface area contributed by atoms with E-state index >= 15 is 0 Å². The van der Waals surface area contributed by atoms with Crippen molar-refractivity contribution >= 4 is 15.9 Å². The molecule has 0 amide bonds. The van der Waals surface area contributed by atoms with Crippen LogP contribution in [0.3, 0.4) is 0 Å². The first-order valence-corrected chi connectivity index (χ1v) is 7.43. The summed E-state index contributed by atoms with van der Waals surface area (Å²) < 4.78 is 55.3. The second-order valence-electron chi connectivity index (χ2n) is 4.72. The van der Waals surface area contributed by atoms with E-state index in [4.69, 9.17) is 0 Å². The number of ether oxygens (including phenoxy) is 1. The highest BCUT2D eigenvalue weighted by atomic mass is 79.9. The number of alkyl halides is 3. The van der Waals surface area contributed by atoms with Gasteiger partial charge in [0.25, 0.3) is 0 Å². The van der Waals surface area contributed by atoms with E-state index in [-0.39, 0.29) is 24.9 Å². The van der Waals surface area contributed by atoms with Crippen molar-refractivity contribution in [3.8, 4) is 0 Å². The van der Waals surface area contributed by atoms with Crippen LogP contribution in [-0.4, -0.2) is 32.0 Å². The van der Waals surface area contributed by atoms with E-state index < -0.39 is 12.8 Å². The van der Waals surface area contributed by atoms with Gasteiger partial charge >= 0.3 is 6.18 Å². The lowest BCUT2D eigenvalue weighted by atomic mass is 10.1. The molecule has 0 aliphatic carbocycles. The van der Waals surface area contributed by atoms with Gasteiger partial charge in [0, 0.05) is 10.5 Å². The molecule has 0 aliphatic heterocycles. The minimum absolute atomic E-state index is 0.116. The lowest BCUT2D eigenvalue weighted by molar-refractivity contribution is -0.175. The molecule has 7 heteroatoms. The molecule has 0 aromatic heterocycles. The summed E-state index contributed by atoms with van der Waals surface area (Å²) in [5.41, 5.74) is 0.447. The molecule has 1 aromatic rings. The second kappa shape index (κ2) is 8.70. The third kappa shape index (κ3) is 7.78. The summed E-state index contributed by atoms with van der Waals surface area (Å²) in [7, 11) is 0. The largest absolute Gasteiger partial charge is 0.411 e. The van der Waals surface area contributed by atoms with Crippen molar-refractivity contribution < 1.29 is 22.3 Å². The van der Waals surface area contributed by atoms with Crippen molar-refractivity contribution in [2.24, 2.45) is 0 Å². The maximum Gasteiger partial charge on any atom is 0.411 e. The van der Waals surface area contributed by atoms with Crippen molar-refractivity contribution in [2.45, 2.75) is 32.0 Å². The standard InChI is InChI=1S/C14H18BrF4NO/c1-2-5-20-12(8-21-9-14(17,18)19)6-10-3-4-11(15)7-13(10)16/h3-4,7,12,20H,2,5-6,8-9H2,1H3. The highest BCUT2D eigenvalue weighted by Crippen LogP contribution is 2.18. The van der Waals surface area contributed by atoms with Crippen LogP contribution in [0.2, 0.25) is 0 Å². The Hall–Kier alpha value is -0.660. The number of hydrogen-bond donors (Lipinski definition) is 1. The van der Waals surface area contributed by atoms with Gasteiger partial charge in [-0.05, 0) is 37.1 Å². The van der Waals surface area contributed by atoms with Crippen LogP contribution >= 0.6 is 15.9 Å². The highest BCUT2D eigenvalue weighted by molar-refractivity contribution is 9.10. The van der Waals surface area contributed by atoms with Crippen molar-refractivity contribution in [1.82, 2.24) is 5.32 Å². The van der Waals surface area contributed by atoms with E-state index in [2.05, 4.69) is 26.0 Å². The van der Waals surface area contributed by atoms with Crippen LogP contribution in [0.4, 0.5) is 17.6 Å². The Balaban J connectivity index is 2.60. The topological polar surface area (TPSA) is 21.3 Å². The predicted molar refractivity (Wildman–Crippen MR) is 76.8 cm³/mol. The summed E-state index contributed by atoms with van der Waals surface area (Å²) in [4.78, 5) is 0. The number of nitrogens with one attached hydrogen (secondary N) is 1. The van der Waals surface area contributed by atoms with Gasteiger partial charge in [-0.15, -0.1) is 0 Å². The van der Waals surface area contributed by atoms with E-state index in [1.54, 1.807) is 12.1 Å². The molecule has 21 heavy (non-hydrogen) atoms. The van der Waals surface area contributed by atoms with Gasteiger partial charge in [-0.1, -0.05) is 28.9 Å². The average Bonchev–Trinajstić information content (AvgIpc) is 2.37. The SMILES string of the molecule is CCCNC(COCC(F)(F)F)Cc1ccc(Br)cc1F. The fraction of sp³-hybridized carbons (Fsp3) is 0.571. The van der Waals surface area contributed by atoms with Crippen LogP contribution in [-0.2, 0) is 11.2 Å². The summed E-state index contributed by atoms with van der Waals surface area (Å²) in [6.07, 6.45) is -3.24. The maximum atomic E-state index is 13.8. The van der Waals surface area contributed by atoms with Gasteiger partial charge in [-0.3, -0.25) is 0 Å². The molecular formula is C14H18BrF4NO. The fourth-order valence-corrected chi connectivity index (χ4v) is 2.14. The molecule has 1 unspecified atom stereocenters. The quantitative estimate of drug-likeness (QED) is 0.695. The molecule has 0 radical (unpaired) electrons. The number of rotatable bonds is 8. The summed E-state index contributed by atoms with van der Waals surface area (Å²) >= 11 is 3.16. The summed E-state index contributed by atoms with van der Waals surface area (Å²) in [5.74, 6) is -0.386. The number of hydrogen-bond acceptors (Lipinski definition) is 2. The lowest BCUT2D eigenvalue weighted by Crippen LogP contribution is -2.37. The van der Waals surface area contributed by atoms with Gasteiger partial charge in [-0.2, -0.15) is 13.2 Å². The zero-order valence-electron chi connectivity index (χ0n) is 11.6. The molecule has 0 fully saturated rings. The molecule has 2 nitrogen and oxygen atoms in total. The molecule has 0 spiro atoms. The Morgan fingerprint density at radius 3 is 2.62 bits per heavy atom.